The molecular weight excluding hydrogens is 250 g/mol. The third-order valence-electron chi connectivity index (χ3n) is 4.32. The van der Waals surface area contributed by atoms with Gasteiger partial charge < -0.3 is 11.1 Å². The number of nitrogen functional groups attached to an aromatic ring is 1. The van der Waals surface area contributed by atoms with Crippen molar-refractivity contribution in [1.29, 1.82) is 0 Å². The number of nitrogens with one attached hydrogen (secondary N) is 1. The fourth-order valence-corrected chi connectivity index (χ4v) is 3.05. The van der Waals surface area contributed by atoms with Crippen LogP contribution in [0.4, 0.5) is 11.4 Å². The third kappa shape index (κ3) is 3.12. The van der Waals surface area contributed by atoms with Gasteiger partial charge in [-0.15, -0.1) is 0 Å². The van der Waals surface area contributed by atoms with Gasteiger partial charge in [0.05, 0.1) is 17.9 Å². The van der Waals surface area contributed by atoms with E-state index in [0.717, 1.165) is 17.7 Å². The third-order valence-corrected chi connectivity index (χ3v) is 4.32. The Labute approximate surface area is 121 Å². The highest BCUT2D eigenvalue weighted by Crippen LogP contribution is 2.26. The number of hydrogen-bond donors (Lipinski definition) is 2. The number of anilines is 2. The molecule has 1 amide bonds. The van der Waals surface area contributed by atoms with Crippen LogP contribution in [0.25, 0.3) is 0 Å². The SMILES string of the molecule is CCC1CCC(C)N1CC(=O)Nc1c(C)cccc1N. The molecule has 1 saturated heterocycles. The first-order chi connectivity index (χ1) is 9.52. The summed E-state index contributed by atoms with van der Waals surface area (Å²) in [6.07, 6.45) is 3.47. The molecule has 1 aliphatic rings. The van der Waals surface area contributed by atoms with Gasteiger partial charge in [0, 0.05) is 12.1 Å². The molecule has 4 heteroatoms. The van der Waals surface area contributed by atoms with Gasteiger partial charge in [0.2, 0.25) is 5.91 Å². The molecule has 0 aromatic heterocycles. The van der Waals surface area contributed by atoms with Crippen LogP contribution in [0.5, 0.6) is 0 Å². The molecular formula is C16H25N3O. The molecule has 1 aromatic rings. The van der Waals surface area contributed by atoms with E-state index in [4.69, 9.17) is 5.73 Å². The Hall–Kier alpha value is -1.55. The average Bonchev–Trinajstić information content (AvgIpc) is 2.75. The standard InChI is InChI=1S/C16H25N3O/c1-4-13-9-8-12(3)19(13)10-15(20)18-16-11(2)6-5-7-14(16)17/h5-7,12-13H,4,8-10,17H2,1-3H3,(H,18,20). The molecule has 1 fully saturated rings. The average molecular weight is 275 g/mol. The van der Waals surface area contributed by atoms with Crippen LogP contribution in [0, 0.1) is 6.92 Å². The number of carbonyl (C=O) groups is 1. The maximum atomic E-state index is 12.3. The van der Waals surface area contributed by atoms with Crippen molar-refractivity contribution in [1.82, 2.24) is 4.90 Å². The van der Waals surface area contributed by atoms with E-state index in [1.807, 2.05) is 25.1 Å². The Morgan fingerprint density at radius 3 is 2.85 bits per heavy atom. The van der Waals surface area contributed by atoms with Crippen molar-refractivity contribution in [2.75, 3.05) is 17.6 Å². The number of nitrogens with two attached hydrogens (primary N) is 1. The topological polar surface area (TPSA) is 58.4 Å². The van der Waals surface area contributed by atoms with Gasteiger partial charge in [-0.05, 0) is 44.7 Å². The minimum atomic E-state index is 0.0261. The lowest BCUT2D eigenvalue weighted by molar-refractivity contribution is -0.118. The van der Waals surface area contributed by atoms with Crippen LogP contribution < -0.4 is 11.1 Å². The highest BCUT2D eigenvalue weighted by Gasteiger charge is 2.30. The van der Waals surface area contributed by atoms with Crippen LogP contribution >= 0.6 is 0 Å². The quantitative estimate of drug-likeness (QED) is 0.831. The van der Waals surface area contributed by atoms with E-state index >= 15 is 0 Å². The molecule has 2 unspecified atom stereocenters. The lowest BCUT2D eigenvalue weighted by atomic mass is 10.1. The molecule has 2 rings (SSSR count). The summed E-state index contributed by atoms with van der Waals surface area (Å²) in [5.41, 5.74) is 8.30. The van der Waals surface area contributed by atoms with Crippen LogP contribution in [0.1, 0.15) is 38.7 Å². The largest absolute Gasteiger partial charge is 0.397 e. The maximum Gasteiger partial charge on any atom is 0.238 e. The molecule has 20 heavy (non-hydrogen) atoms. The van der Waals surface area contributed by atoms with Crippen molar-refractivity contribution in [2.45, 2.75) is 52.1 Å². The Morgan fingerprint density at radius 2 is 2.20 bits per heavy atom. The van der Waals surface area contributed by atoms with Crippen molar-refractivity contribution in [2.24, 2.45) is 0 Å². The second-order valence-corrected chi connectivity index (χ2v) is 5.75. The predicted octanol–water partition coefficient (Wildman–Crippen LogP) is 2.78. The number of aryl methyl sites for hydroxylation is 1. The van der Waals surface area contributed by atoms with Gasteiger partial charge in [-0.2, -0.15) is 0 Å². The Kier molecular flexibility index (Phi) is 4.65. The second-order valence-electron chi connectivity index (χ2n) is 5.75. The van der Waals surface area contributed by atoms with Crippen molar-refractivity contribution in [3.8, 4) is 0 Å². The van der Waals surface area contributed by atoms with E-state index in [-0.39, 0.29) is 5.91 Å². The van der Waals surface area contributed by atoms with Gasteiger partial charge in [0.15, 0.2) is 0 Å². The number of para-hydroxylation sites is 1. The minimum absolute atomic E-state index is 0.0261. The first kappa shape index (κ1) is 14.9. The van der Waals surface area contributed by atoms with Gasteiger partial charge in [-0.25, -0.2) is 0 Å². The molecule has 1 heterocycles. The zero-order valence-electron chi connectivity index (χ0n) is 12.6. The summed E-state index contributed by atoms with van der Waals surface area (Å²) in [5, 5.41) is 2.96. The van der Waals surface area contributed by atoms with E-state index in [1.54, 1.807) is 0 Å². The lowest BCUT2D eigenvalue weighted by Crippen LogP contribution is -2.40. The number of amides is 1. The fourth-order valence-electron chi connectivity index (χ4n) is 3.05. The van der Waals surface area contributed by atoms with Crippen LogP contribution in [-0.4, -0.2) is 29.4 Å². The van der Waals surface area contributed by atoms with Crippen LogP contribution in [-0.2, 0) is 4.79 Å². The predicted molar refractivity (Wildman–Crippen MR) is 83.7 cm³/mol. The summed E-state index contributed by atoms with van der Waals surface area (Å²) in [4.78, 5) is 14.6. The molecule has 4 nitrogen and oxygen atoms in total. The first-order valence-corrected chi connectivity index (χ1v) is 7.43. The summed E-state index contributed by atoms with van der Waals surface area (Å²) in [7, 11) is 0. The molecule has 2 atom stereocenters. The van der Waals surface area contributed by atoms with E-state index in [9.17, 15) is 4.79 Å². The summed E-state index contributed by atoms with van der Waals surface area (Å²) in [5.74, 6) is 0.0261. The normalized spacial score (nSPS) is 22.9. The molecule has 0 radical (unpaired) electrons. The first-order valence-electron chi connectivity index (χ1n) is 7.43. The molecule has 1 aromatic carbocycles. The van der Waals surface area contributed by atoms with Gasteiger partial charge in [0.1, 0.15) is 0 Å². The highest BCUT2D eigenvalue weighted by atomic mass is 16.2. The second kappa shape index (κ2) is 6.27. The van der Waals surface area contributed by atoms with Gasteiger partial charge in [-0.3, -0.25) is 9.69 Å². The van der Waals surface area contributed by atoms with Crippen molar-refractivity contribution in [3.05, 3.63) is 23.8 Å². The smallest absolute Gasteiger partial charge is 0.238 e. The number of likely N-dealkylation sites (tertiary alicyclic amines) is 1. The van der Waals surface area contributed by atoms with E-state index in [1.165, 1.54) is 12.8 Å². The highest BCUT2D eigenvalue weighted by molar-refractivity contribution is 5.96. The summed E-state index contributed by atoms with van der Waals surface area (Å²) < 4.78 is 0. The zero-order valence-corrected chi connectivity index (χ0v) is 12.6. The number of carbonyl (C=O) groups excluding carboxylic acids is 1. The number of nitrogens with zero attached hydrogens (tertiary/aromatic N) is 1. The van der Waals surface area contributed by atoms with Gasteiger partial charge >= 0.3 is 0 Å². The van der Waals surface area contributed by atoms with Crippen molar-refractivity contribution in [3.63, 3.8) is 0 Å². The number of benzene rings is 1. The molecule has 1 aliphatic heterocycles. The Bertz CT molecular complexity index is 466. The molecule has 0 bridgehead atoms. The monoisotopic (exact) mass is 275 g/mol. The maximum absolute atomic E-state index is 12.3. The molecule has 3 N–H and O–H groups in total. The van der Waals surface area contributed by atoms with Crippen molar-refractivity contribution >= 4 is 17.3 Å². The zero-order chi connectivity index (χ0) is 14.7. The summed E-state index contributed by atoms with van der Waals surface area (Å²) in [6.45, 7) is 6.80. The van der Waals surface area contributed by atoms with Gasteiger partial charge in [-0.1, -0.05) is 19.1 Å². The minimum Gasteiger partial charge on any atom is -0.397 e. The number of hydrogen-bond acceptors (Lipinski definition) is 3. The van der Waals surface area contributed by atoms with Crippen LogP contribution in [0.2, 0.25) is 0 Å². The van der Waals surface area contributed by atoms with E-state index < -0.39 is 0 Å². The molecule has 0 saturated carbocycles. The summed E-state index contributed by atoms with van der Waals surface area (Å²) >= 11 is 0. The molecule has 110 valence electrons. The van der Waals surface area contributed by atoms with Crippen molar-refractivity contribution < 1.29 is 4.79 Å². The lowest BCUT2D eigenvalue weighted by Gasteiger charge is -2.27. The molecule has 0 spiro atoms. The van der Waals surface area contributed by atoms with Crippen LogP contribution in [0.3, 0.4) is 0 Å². The number of rotatable bonds is 4. The Balaban J connectivity index is 2.02. The van der Waals surface area contributed by atoms with E-state index in [2.05, 4.69) is 24.1 Å². The molecule has 0 aliphatic carbocycles. The Morgan fingerprint density at radius 1 is 1.45 bits per heavy atom. The van der Waals surface area contributed by atoms with E-state index in [0.29, 0.717) is 24.3 Å². The van der Waals surface area contributed by atoms with Crippen LogP contribution in [0.15, 0.2) is 18.2 Å². The fraction of sp³-hybridized carbons (Fsp3) is 0.562. The van der Waals surface area contributed by atoms with Gasteiger partial charge in [0.25, 0.3) is 0 Å². The summed E-state index contributed by atoms with van der Waals surface area (Å²) in [6, 6.07) is 6.69.